The van der Waals surface area contributed by atoms with Gasteiger partial charge in [-0.25, -0.2) is 0 Å². The molecular weight excluding hydrogens is 246 g/mol. The van der Waals surface area contributed by atoms with Crippen molar-refractivity contribution in [3.63, 3.8) is 0 Å². The van der Waals surface area contributed by atoms with Gasteiger partial charge in [0.15, 0.2) is 0 Å². The van der Waals surface area contributed by atoms with Gasteiger partial charge in [-0.05, 0) is 70.6 Å². The molecule has 1 saturated carbocycles. The highest BCUT2D eigenvalue weighted by Gasteiger charge is 2.46. The maximum atomic E-state index is 11.9. The van der Waals surface area contributed by atoms with Crippen molar-refractivity contribution < 1.29 is 4.79 Å². The zero-order valence-corrected chi connectivity index (χ0v) is 14.1. The summed E-state index contributed by atoms with van der Waals surface area (Å²) in [5, 5.41) is 0. The van der Waals surface area contributed by atoms with Crippen molar-refractivity contribution in [3.05, 3.63) is 11.6 Å². The summed E-state index contributed by atoms with van der Waals surface area (Å²) in [6.07, 6.45) is 6.41. The molecule has 0 aromatic heterocycles. The molecule has 4 atom stereocenters. The molecule has 1 fully saturated rings. The maximum Gasteiger partial charge on any atom is 0.219 e. The van der Waals surface area contributed by atoms with Crippen molar-refractivity contribution in [1.29, 1.82) is 0 Å². The molecule has 2 aliphatic carbocycles. The van der Waals surface area contributed by atoms with Gasteiger partial charge in [0.25, 0.3) is 0 Å². The number of hydrogen-bond acceptors (Lipinski definition) is 1. The average molecular weight is 277 g/mol. The zero-order valence-electron chi connectivity index (χ0n) is 14.1. The van der Waals surface area contributed by atoms with E-state index < -0.39 is 0 Å². The molecule has 2 heteroatoms. The second-order valence-electron chi connectivity index (χ2n) is 8.03. The van der Waals surface area contributed by atoms with Gasteiger partial charge in [-0.2, -0.15) is 0 Å². The molecule has 20 heavy (non-hydrogen) atoms. The molecule has 0 N–H and O–H groups in total. The first kappa shape index (κ1) is 15.6. The Morgan fingerprint density at radius 2 is 2.00 bits per heavy atom. The third-order valence-electron chi connectivity index (χ3n) is 5.23. The van der Waals surface area contributed by atoms with Crippen molar-refractivity contribution in [1.82, 2.24) is 4.90 Å². The molecule has 4 unspecified atom stereocenters. The lowest BCUT2D eigenvalue weighted by Gasteiger charge is -2.36. The van der Waals surface area contributed by atoms with Gasteiger partial charge in [-0.1, -0.05) is 18.6 Å². The van der Waals surface area contributed by atoms with E-state index in [1.807, 2.05) is 0 Å². The van der Waals surface area contributed by atoms with Crippen LogP contribution in [0.15, 0.2) is 11.6 Å². The first-order chi connectivity index (χ1) is 9.20. The molecule has 0 radical (unpaired) electrons. The molecule has 2 rings (SSSR count). The molecule has 0 aromatic carbocycles. The van der Waals surface area contributed by atoms with Gasteiger partial charge in [0.1, 0.15) is 0 Å². The van der Waals surface area contributed by atoms with E-state index in [9.17, 15) is 4.79 Å². The predicted octanol–water partition coefficient (Wildman–Crippen LogP) is 4.26. The highest BCUT2D eigenvalue weighted by Crippen LogP contribution is 2.51. The first-order valence-corrected chi connectivity index (χ1v) is 8.15. The fraction of sp³-hybridized carbons (Fsp3) is 0.833. The van der Waals surface area contributed by atoms with Crippen LogP contribution in [0.2, 0.25) is 0 Å². The van der Waals surface area contributed by atoms with Crippen LogP contribution in [-0.4, -0.2) is 22.9 Å². The van der Waals surface area contributed by atoms with Crippen LogP contribution in [0, 0.1) is 23.7 Å². The number of nitrogens with zero attached hydrogens (tertiary/aromatic N) is 1. The van der Waals surface area contributed by atoms with Gasteiger partial charge in [0.2, 0.25) is 5.91 Å². The van der Waals surface area contributed by atoms with Crippen LogP contribution >= 0.6 is 0 Å². The zero-order chi connectivity index (χ0) is 15.1. The van der Waals surface area contributed by atoms with Gasteiger partial charge in [-0.3, -0.25) is 4.79 Å². The number of amides is 1. The highest BCUT2D eigenvalue weighted by atomic mass is 16.2. The molecule has 1 amide bonds. The second-order valence-corrected chi connectivity index (χ2v) is 8.03. The lowest BCUT2D eigenvalue weighted by molar-refractivity contribution is -0.133. The normalized spacial score (nSPS) is 33.6. The average Bonchev–Trinajstić information content (AvgIpc) is 3.03. The number of hydrogen-bond donors (Lipinski definition) is 0. The molecule has 0 bridgehead atoms. The molecule has 2 aliphatic rings. The Bertz CT molecular complexity index is 404. The molecule has 0 heterocycles. The topological polar surface area (TPSA) is 20.3 Å². The smallest absolute Gasteiger partial charge is 0.219 e. The summed E-state index contributed by atoms with van der Waals surface area (Å²) >= 11 is 0. The molecule has 114 valence electrons. The van der Waals surface area contributed by atoms with Gasteiger partial charge in [0.05, 0.1) is 0 Å². The Labute approximate surface area is 124 Å². The number of allylic oxidation sites excluding steroid dienone is 2. The summed E-state index contributed by atoms with van der Waals surface area (Å²) < 4.78 is 0. The van der Waals surface area contributed by atoms with Gasteiger partial charge < -0.3 is 4.90 Å². The number of carbonyl (C=O) groups excluding carboxylic acids is 1. The Morgan fingerprint density at radius 3 is 2.50 bits per heavy atom. The lowest BCUT2D eigenvalue weighted by Crippen LogP contribution is -2.45. The van der Waals surface area contributed by atoms with Crippen molar-refractivity contribution in [2.24, 2.45) is 23.7 Å². The summed E-state index contributed by atoms with van der Waals surface area (Å²) in [4.78, 5) is 13.9. The predicted molar refractivity (Wildman–Crippen MR) is 84.4 cm³/mol. The van der Waals surface area contributed by atoms with E-state index in [2.05, 4.69) is 45.6 Å². The summed E-state index contributed by atoms with van der Waals surface area (Å²) in [6.45, 7) is 13.7. The minimum absolute atomic E-state index is 0.0480. The lowest BCUT2D eigenvalue weighted by atomic mass is 9.78. The molecule has 2 nitrogen and oxygen atoms in total. The Balaban J connectivity index is 1.93. The van der Waals surface area contributed by atoms with Gasteiger partial charge >= 0.3 is 0 Å². The Morgan fingerprint density at radius 1 is 1.35 bits per heavy atom. The van der Waals surface area contributed by atoms with Crippen LogP contribution in [0.25, 0.3) is 0 Å². The third-order valence-corrected chi connectivity index (χ3v) is 5.23. The largest absolute Gasteiger partial charge is 0.338 e. The first-order valence-electron chi connectivity index (χ1n) is 8.15. The van der Waals surface area contributed by atoms with Crippen LogP contribution in [-0.2, 0) is 4.79 Å². The molecule has 0 aromatic rings. The summed E-state index contributed by atoms with van der Waals surface area (Å²) in [7, 11) is 0. The van der Waals surface area contributed by atoms with E-state index >= 15 is 0 Å². The van der Waals surface area contributed by atoms with Crippen LogP contribution in [0.3, 0.4) is 0 Å². The summed E-state index contributed by atoms with van der Waals surface area (Å²) in [5.41, 5.74) is 1.51. The standard InChI is InChI=1S/C18H31NO/c1-12-7-8-16(13(2)9-12)17-10-15(17)11-19(14(3)20)18(4,5)6/h9,13,15-17H,7-8,10-11H2,1-6H3. The van der Waals surface area contributed by atoms with E-state index in [-0.39, 0.29) is 11.4 Å². The monoisotopic (exact) mass is 277 g/mol. The molecule has 0 saturated heterocycles. The fourth-order valence-corrected chi connectivity index (χ4v) is 4.03. The Hall–Kier alpha value is -0.790. The molecule has 0 spiro atoms. The van der Waals surface area contributed by atoms with Crippen LogP contribution in [0.1, 0.15) is 60.8 Å². The SMILES string of the molecule is CC(=O)N(CC1CC1C1CCC(C)=CC1C)C(C)(C)C. The quantitative estimate of drug-likeness (QED) is 0.706. The van der Waals surface area contributed by atoms with Crippen molar-refractivity contribution in [2.75, 3.05) is 6.54 Å². The molecule has 0 aliphatic heterocycles. The third kappa shape index (κ3) is 3.45. The van der Waals surface area contributed by atoms with E-state index in [4.69, 9.17) is 0 Å². The minimum Gasteiger partial charge on any atom is -0.338 e. The fourth-order valence-electron chi connectivity index (χ4n) is 4.03. The Kier molecular flexibility index (Phi) is 4.32. The van der Waals surface area contributed by atoms with Crippen molar-refractivity contribution >= 4 is 5.91 Å². The second kappa shape index (κ2) is 5.54. The summed E-state index contributed by atoms with van der Waals surface area (Å²) in [5.74, 6) is 3.36. The van der Waals surface area contributed by atoms with E-state index in [1.165, 1.54) is 19.3 Å². The van der Waals surface area contributed by atoms with E-state index in [0.717, 1.165) is 30.2 Å². The van der Waals surface area contributed by atoms with E-state index in [1.54, 1.807) is 12.5 Å². The van der Waals surface area contributed by atoms with Crippen LogP contribution < -0.4 is 0 Å². The molecular formula is C18H31NO. The summed E-state index contributed by atoms with van der Waals surface area (Å²) in [6, 6.07) is 0. The van der Waals surface area contributed by atoms with Gasteiger partial charge in [-0.15, -0.1) is 0 Å². The minimum atomic E-state index is -0.0480. The van der Waals surface area contributed by atoms with Crippen LogP contribution in [0.5, 0.6) is 0 Å². The highest BCUT2D eigenvalue weighted by molar-refractivity contribution is 5.74. The van der Waals surface area contributed by atoms with E-state index in [0.29, 0.717) is 0 Å². The van der Waals surface area contributed by atoms with Crippen molar-refractivity contribution in [3.8, 4) is 0 Å². The van der Waals surface area contributed by atoms with Crippen LogP contribution in [0.4, 0.5) is 0 Å². The number of rotatable bonds is 3. The maximum absolute atomic E-state index is 11.9. The number of carbonyl (C=O) groups is 1. The van der Waals surface area contributed by atoms with Crippen molar-refractivity contribution in [2.45, 2.75) is 66.3 Å². The van der Waals surface area contributed by atoms with Gasteiger partial charge in [0, 0.05) is 19.0 Å².